The normalized spacial score (nSPS) is 14.4. The minimum atomic E-state index is -5.08. The molecule has 1 aromatic heterocycles. The van der Waals surface area contributed by atoms with Crippen molar-refractivity contribution in [1.82, 2.24) is 4.57 Å². The molecule has 174 valence electrons. The van der Waals surface area contributed by atoms with Gasteiger partial charge in [0.05, 0.1) is 5.56 Å². The molecule has 0 radical (unpaired) electrons. The van der Waals surface area contributed by atoms with Crippen molar-refractivity contribution in [1.29, 1.82) is 0 Å². The number of halogens is 4. The number of benzene rings is 2. The molecule has 33 heavy (non-hydrogen) atoms. The Kier molecular flexibility index (Phi) is 6.58. The Hall–Kier alpha value is -3.30. The summed E-state index contributed by atoms with van der Waals surface area (Å²) in [5.41, 5.74) is -4.27. The fraction of sp³-hybridized carbons (Fsp3) is 0.217. The summed E-state index contributed by atoms with van der Waals surface area (Å²) in [5, 5.41) is 19.7. The molecule has 0 saturated carbocycles. The Morgan fingerprint density at radius 3 is 2.18 bits per heavy atom. The summed E-state index contributed by atoms with van der Waals surface area (Å²) >= 11 is 6.27. The largest absolute Gasteiger partial charge is 0.478 e. The lowest BCUT2D eigenvalue weighted by molar-refractivity contribution is -0.274. The second-order valence-corrected chi connectivity index (χ2v) is 7.87. The molecule has 0 saturated heterocycles. The number of aromatic nitrogens is 1. The van der Waals surface area contributed by atoms with Gasteiger partial charge in [-0.1, -0.05) is 24.6 Å². The van der Waals surface area contributed by atoms with Gasteiger partial charge >= 0.3 is 12.1 Å². The SMILES string of the molecule is C[C@H](c1ccc(Oc2ccc(C(=O)O)cc2)cc1Cl)[C@@](O)(c1ccc(=O)n(C)c1)C(F)(F)F. The summed E-state index contributed by atoms with van der Waals surface area (Å²) in [7, 11) is 1.29. The van der Waals surface area contributed by atoms with Crippen LogP contribution in [0.25, 0.3) is 0 Å². The Morgan fingerprint density at radius 2 is 1.67 bits per heavy atom. The van der Waals surface area contributed by atoms with Crippen LogP contribution >= 0.6 is 11.6 Å². The number of pyridine rings is 1. The molecular formula is C23H19ClF3NO5. The van der Waals surface area contributed by atoms with Crippen molar-refractivity contribution in [2.45, 2.75) is 24.6 Å². The summed E-state index contributed by atoms with van der Waals surface area (Å²) in [6.45, 7) is 1.19. The number of alkyl halides is 3. The average molecular weight is 482 g/mol. The van der Waals surface area contributed by atoms with Gasteiger partial charge < -0.3 is 19.5 Å². The number of carboxylic acid groups (broad SMARTS) is 1. The lowest BCUT2D eigenvalue weighted by Gasteiger charge is -2.37. The Balaban J connectivity index is 1.96. The van der Waals surface area contributed by atoms with Crippen LogP contribution in [0.5, 0.6) is 11.5 Å². The predicted octanol–water partition coefficient (Wildman–Crippen LogP) is 5.08. The van der Waals surface area contributed by atoms with E-state index in [1.807, 2.05) is 0 Å². The molecule has 0 aliphatic rings. The van der Waals surface area contributed by atoms with Crippen molar-refractivity contribution < 1.29 is 32.9 Å². The quantitative estimate of drug-likeness (QED) is 0.512. The van der Waals surface area contributed by atoms with E-state index in [0.717, 1.165) is 22.9 Å². The number of ether oxygens (including phenoxy) is 1. The summed E-state index contributed by atoms with van der Waals surface area (Å²) in [5.74, 6) is -2.13. The standard InChI is InChI=1S/C23H19ClF3NO5/c1-13(22(32,23(25,26)27)15-5-10-20(29)28(2)12-15)18-9-8-17(11-19(18)24)33-16-6-3-14(4-7-16)21(30)31/h3-13,32H,1-2H3,(H,30,31)/t13-,22-/m1/s1. The molecule has 0 fully saturated rings. The fourth-order valence-corrected chi connectivity index (χ4v) is 3.76. The third-order valence-electron chi connectivity index (χ3n) is 5.36. The first kappa shape index (κ1) is 24.3. The number of hydrogen-bond donors (Lipinski definition) is 2. The Labute approximate surface area is 191 Å². The van der Waals surface area contributed by atoms with Crippen LogP contribution in [0, 0.1) is 0 Å². The highest BCUT2D eigenvalue weighted by molar-refractivity contribution is 6.31. The van der Waals surface area contributed by atoms with Gasteiger partial charge in [0.25, 0.3) is 0 Å². The zero-order valence-corrected chi connectivity index (χ0v) is 18.2. The maximum Gasteiger partial charge on any atom is 0.422 e. The number of hydrogen-bond acceptors (Lipinski definition) is 4. The van der Waals surface area contributed by atoms with Crippen LogP contribution in [0.15, 0.2) is 65.6 Å². The maximum absolute atomic E-state index is 14.1. The highest BCUT2D eigenvalue weighted by Gasteiger charge is 2.59. The molecule has 0 bridgehead atoms. The number of aliphatic hydroxyl groups is 1. The molecule has 2 aromatic carbocycles. The Morgan fingerprint density at radius 1 is 1.06 bits per heavy atom. The van der Waals surface area contributed by atoms with Gasteiger partial charge in [-0.2, -0.15) is 13.2 Å². The number of aryl methyl sites for hydroxylation is 1. The van der Waals surface area contributed by atoms with Gasteiger partial charge in [-0.3, -0.25) is 4.79 Å². The predicted molar refractivity (Wildman–Crippen MR) is 115 cm³/mol. The molecule has 0 aliphatic heterocycles. The molecule has 6 nitrogen and oxygen atoms in total. The molecule has 0 amide bonds. The van der Waals surface area contributed by atoms with Crippen molar-refractivity contribution in [3.63, 3.8) is 0 Å². The molecular weight excluding hydrogens is 463 g/mol. The Bertz CT molecular complexity index is 1240. The van der Waals surface area contributed by atoms with Crippen LogP contribution in [-0.4, -0.2) is 26.9 Å². The second-order valence-electron chi connectivity index (χ2n) is 7.47. The number of aromatic carboxylic acids is 1. The van der Waals surface area contributed by atoms with Gasteiger partial charge in [-0.05, 0) is 48.0 Å². The maximum atomic E-state index is 14.1. The third-order valence-corrected chi connectivity index (χ3v) is 5.69. The van der Waals surface area contributed by atoms with Crippen molar-refractivity contribution in [2.75, 3.05) is 0 Å². The van der Waals surface area contributed by atoms with E-state index in [4.69, 9.17) is 21.4 Å². The molecule has 2 atom stereocenters. The lowest BCUT2D eigenvalue weighted by Crippen LogP contribution is -2.47. The van der Waals surface area contributed by atoms with Crippen LogP contribution < -0.4 is 10.3 Å². The van der Waals surface area contributed by atoms with Gasteiger partial charge in [0.15, 0.2) is 5.60 Å². The highest BCUT2D eigenvalue weighted by atomic mass is 35.5. The highest BCUT2D eigenvalue weighted by Crippen LogP contribution is 2.49. The number of rotatable bonds is 6. The minimum absolute atomic E-state index is 0.0129. The van der Waals surface area contributed by atoms with Gasteiger partial charge in [0.2, 0.25) is 5.56 Å². The minimum Gasteiger partial charge on any atom is -0.478 e. The van der Waals surface area contributed by atoms with Gasteiger partial charge in [0, 0.05) is 35.8 Å². The average Bonchev–Trinajstić information content (AvgIpc) is 2.74. The first-order chi connectivity index (χ1) is 15.3. The topological polar surface area (TPSA) is 88.8 Å². The van der Waals surface area contributed by atoms with Crippen LogP contribution in [0.1, 0.15) is 34.3 Å². The van der Waals surface area contributed by atoms with E-state index in [9.17, 15) is 27.9 Å². The lowest BCUT2D eigenvalue weighted by atomic mass is 9.78. The number of carboxylic acids is 1. The molecule has 0 aliphatic carbocycles. The van der Waals surface area contributed by atoms with E-state index in [1.54, 1.807) is 0 Å². The van der Waals surface area contributed by atoms with Gasteiger partial charge in [-0.15, -0.1) is 0 Å². The summed E-state index contributed by atoms with van der Waals surface area (Å²) in [6, 6.07) is 11.4. The van der Waals surface area contributed by atoms with E-state index >= 15 is 0 Å². The van der Waals surface area contributed by atoms with Crippen LogP contribution in [0.2, 0.25) is 5.02 Å². The molecule has 0 spiro atoms. The van der Waals surface area contributed by atoms with Gasteiger partial charge in [-0.25, -0.2) is 4.79 Å². The molecule has 3 aromatic rings. The van der Waals surface area contributed by atoms with E-state index in [-0.39, 0.29) is 21.9 Å². The molecule has 1 heterocycles. The monoisotopic (exact) mass is 481 g/mol. The van der Waals surface area contributed by atoms with E-state index in [0.29, 0.717) is 5.75 Å². The number of carbonyl (C=O) groups is 1. The van der Waals surface area contributed by atoms with Crippen molar-refractivity contribution in [2.24, 2.45) is 7.05 Å². The summed E-state index contributed by atoms with van der Waals surface area (Å²) < 4.78 is 48.8. The molecule has 0 unspecified atom stereocenters. The van der Waals surface area contributed by atoms with Gasteiger partial charge in [0.1, 0.15) is 11.5 Å². The third kappa shape index (κ3) is 4.74. The first-order valence-corrected chi connectivity index (χ1v) is 9.99. The molecule has 2 N–H and O–H groups in total. The van der Waals surface area contributed by atoms with Crippen LogP contribution in [0.3, 0.4) is 0 Å². The zero-order chi connectivity index (χ0) is 24.6. The van der Waals surface area contributed by atoms with E-state index in [2.05, 4.69) is 0 Å². The van der Waals surface area contributed by atoms with Crippen molar-refractivity contribution in [3.8, 4) is 11.5 Å². The van der Waals surface area contributed by atoms with Crippen molar-refractivity contribution in [3.05, 3.63) is 92.9 Å². The van der Waals surface area contributed by atoms with Crippen molar-refractivity contribution >= 4 is 17.6 Å². The van der Waals surface area contributed by atoms with E-state index < -0.39 is 34.8 Å². The van der Waals surface area contributed by atoms with E-state index in [1.165, 1.54) is 56.4 Å². The molecule has 10 heteroatoms. The summed E-state index contributed by atoms with van der Waals surface area (Å²) in [6.07, 6.45) is -4.13. The molecule has 3 rings (SSSR count). The van der Waals surface area contributed by atoms with Crippen LogP contribution in [0.4, 0.5) is 13.2 Å². The smallest absolute Gasteiger partial charge is 0.422 e. The zero-order valence-electron chi connectivity index (χ0n) is 17.4. The second kappa shape index (κ2) is 8.92. The van der Waals surface area contributed by atoms with Crippen LogP contribution in [-0.2, 0) is 12.6 Å². The summed E-state index contributed by atoms with van der Waals surface area (Å²) in [4.78, 5) is 22.5. The fourth-order valence-electron chi connectivity index (χ4n) is 3.43. The first-order valence-electron chi connectivity index (χ1n) is 9.61. The number of nitrogens with zero attached hydrogens (tertiary/aromatic N) is 1.